The summed E-state index contributed by atoms with van der Waals surface area (Å²) >= 11 is 1.34. The number of nitrogens with one attached hydrogen (secondary N) is 1. The Balaban J connectivity index is 1.51. The second kappa shape index (κ2) is 5.52. The summed E-state index contributed by atoms with van der Waals surface area (Å²) in [6.45, 7) is 0. The topological polar surface area (TPSA) is 85.1 Å². The largest absolute Gasteiger partial charge is 0.369 e. The predicted molar refractivity (Wildman–Crippen MR) is 77.2 cm³/mol. The van der Waals surface area contributed by atoms with Crippen LogP contribution < -0.4 is 11.1 Å². The second-order valence-corrected chi connectivity index (χ2v) is 6.83. The van der Waals surface area contributed by atoms with E-state index in [9.17, 15) is 9.59 Å². The molecule has 0 aromatic carbocycles. The smallest absolute Gasteiger partial charge is 0.226 e. The number of aromatic nitrogens is 1. The highest BCUT2D eigenvalue weighted by Gasteiger charge is 2.40. The zero-order chi connectivity index (χ0) is 14.1. The molecule has 2 amide bonds. The Hall–Kier alpha value is -1.43. The summed E-state index contributed by atoms with van der Waals surface area (Å²) in [5.74, 6) is 1.81. The van der Waals surface area contributed by atoms with E-state index in [1.165, 1.54) is 37.0 Å². The van der Waals surface area contributed by atoms with Crippen LogP contribution in [0.3, 0.4) is 0 Å². The second-order valence-electron chi connectivity index (χ2n) is 5.97. The summed E-state index contributed by atoms with van der Waals surface area (Å²) in [6, 6.07) is 0. The van der Waals surface area contributed by atoms with Crippen LogP contribution in [0.15, 0.2) is 5.38 Å². The first-order valence-electron chi connectivity index (χ1n) is 7.12. The molecule has 2 saturated carbocycles. The number of carbonyl (C=O) groups excluding carboxylic acids is 2. The van der Waals surface area contributed by atoms with Crippen LogP contribution in [0.1, 0.15) is 37.8 Å². The number of rotatable bonds is 5. The van der Waals surface area contributed by atoms with E-state index in [4.69, 9.17) is 5.73 Å². The molecular formula is C14H19N3O2S. The van der Waals surface area contributed by atoms with Crippen molar-refractivity contribution in [3.05, 3.63) is 11.1 Å². The molecule has 0 radical (unpaired) electrons. The van der Waals surface area contributed by atoms with Crippen molar-refractivity contribution < 1.29 is 9.59 Å². The molecule has 2 fully saturated rings. The number of carbonyl (C=O) groups is 2. The first-order chi connectivity index (χ1) is 9.60. The van der Waals surface area contributed by atoms with E-state index in [1.807, 2.05) is 0 Å². The molecule has 3 unspecified atom stereocenters. The zero-order valence-electron chi connectivity index (χ0n) is 11.3. The lowest BCUT2D eigenvalue weighted by Gasteiger charge is -2.20. The third-order valence-corrected chi connectivity index (χ3v) is 5.29. The summed E-state index contributed by atoms with van der Waals surface area (Å²) < 4.78 is 0. The number of thiazole rings is 1. The maximum absolute atomic E-state index is 12.0. The van der Waals surface area contributed by atoms with Gasteiger partial charge in [-0.05, 0) is 37.0 Å². The molecule has 2 aliphatic carbocycles. The van der Waals surface area contributed by atoms with Gasteiger partial charge in [0.25, 0.3) is 0 Å². The highest BCUT2D eigenvalue weighted by molar-refractivity contribution is 7.13. The molecule has 1 heterocycles. The molecule has 108 valence electrons. The normalized spacial score (nSPS) is 27.7. The van der Waals surface area contributed by atoms with E-state index in [1.54, 1.807) is 5.38 Å². The van der Waals surface area contributed by atoms with Crippen LogP contribution in [-0.2, 0) is 16.0 Å². The van der Waals surface area contributed by atoms with Gasteiger partial charge in [0.1, 0.15) is 0 Å². The molecule has 0 spiro atoms. The molecule has 3 N–H and O–H groups in total. The molecule has 3 rings (SSSR count). The van der Waals surface area contributed by atoms with Crippen molar-refractivity contribution in [3.63, 3.8) is 0 Å². The van der Waals surface area contributed by atoms with Crippen LogP contribution in [-0.4, -0.2) is 16.8 Å². The summed E-state index contributed by atoms with van der Waals surface area (Å²) in [5.41, 5.74) is 5.74. The lowest BCUT2D eigenvalue weighted by Crippen LogP contribution is -2.20. The Morgan fingerprint density at radius 2 is 2.25 bits per heavy atom. The number of primary amides is 1. The van der Waals surface area contributed by atoms with Crippen molar-refractivity contribution >= 4 is 28.3 Å². The molecule has 6 heteroatoms. The summed E-state index contributed by atoms with van der Waals surface area (Å²) in [5, 5.41) is 5.16. The molecule has 0 saturated heterocycles. The Bertz CT molecular complexity index is 528. The number of nitrogens with zero attached hydrogens (tertiary/aromatic N) is 1. The predicted octanol–water partition coefficient (Wildman–Crippen LogP) is 1.94. The van der Waals surface area contributed by atoms with Crippen LogP contribution in [0, 0.1) is 17.8 Å². The van der Waals surface area contributed by atoms with Crippen molar-refractivity contribution in [2.75, 3.05) is 5.32 Å². The van der Waals surface area contributed by atoms with Crippen LogP contribution in [0.25, 0.3) is 0 Å². The van der Waals surface area contributed by atoms with Gasteiger partial charge in [-0.25, -0.2) is 4.98 Å². The van der Waals surface area contributed by atoms with E-state index in [0.29, 0.717) is 23.2 Å². The van der Waals surface area contributed by atoms with Gasteiger partial charge in [0.15, 0.2) is 5.13 Å². The van der Waals surface area contributed by atoms with Gasteiger partial charge in [-0.15, -0.1) is 11.3 Å². The van der Waals surface area contributed by atoms with E-state index < -0.39 is 5.91 Å². The third-order valence-electron chi connectivity index (χ3n) is 4.49. The number of hydrogen-bond acceptors (Lipinski definition) is 4. The van der Waals surface area contributed by atoms with Gasteiger partial charge in [-0.2, -0.15) is 0 Å². The average molecular weight is 293 g/mol. The van der Waals surface area contributed by atoms with E-state index in [-0.39, 0.29) is 12.3 Å². The van der Waals surface area contributed by atoms with Crippen molar-refractivity contribution in [3.8, 4) is 0 Å². The quantitative estimate of drug-likeness (QED) is 0.870. The molecule has 1 aromatic rings. The number of anilines is 1. The highest BCUT2D eigenvalue weighted by Crippen LogP contribution is 2.49. The molecule has 2 aliphatic rings. The van der Waals surface area contributed by atoms with Gasteiger partial charge in [0.05, 0.1) is 12.1 Å². The number of hydrogen-bond donors (Lipinski definition) is 2. The molecule has 0 aliphatic heterocycles. The lowest BCUT2D eigenvalue weighted by atomic mass is 9.86. The van der Waals surface area contributed by atoms with E-state index in [2.05, 4.69) is 10.3 Å². The van der Waals surface area contributed by atoms with Gasteiger partial charge in [-0.1, -0.05) is 6.42 Å². The minimum Gasteiger partial charge on any atom is -0.369 e. The standard InChI is InChI=1S/C14H19N3O2S/c15-12(18)6-11-7-20-14(16-11)17-13(19)5-10-4-8-1-2-9(10)3-8/h7-10H,1-6H2,(H2,15,18)(H,16,17,19). The summed E-state index contributed by atoms with van der Waals surface area (Å²) in [6.07, 6.45) is 5.90. The third kappa shape index (κ3) is 3.00. The zero-order valence-corrected chi connectivity index (χ0v) is 12.1. The molecule has 1 aromatic heterocycles. The van der Waals surface area contributed by atoms with Crippen LogP contribution >= 0.6 is 11.3 Å². The SMILES string of the molecule is NC(=O)Cc1csc(NC(=O)CC2CC3CCC2C3)n1. The Morgan fingerprint density at radius 1 is 1.40 bits per heavy atom. The maximum atomic E-state index is 12.0. The molecular weight excluding hydrogens is 274 g/mol. The Kier molecular flexibility index (Phi) is 3.74. The van der Waals surface area contributed by atoms with Crippen LogP contribution in [0.4, 0.5) is 5.13 Å². The average Bonchev–Trinajstić information content (AvgIpc) is 3.05. The Morgan fingerprint density at radius 3 is 2.90 bits per heavy atom. The van der Waals surface area contributed by atoms with Crippen LogP contribution in [0.5, 0.6) is 0 Å². The molecule has 20 heavy (non-hydrogen) atoms. The monoisotopic (exact) mass is 293 g/mol. The van der Waals surface area contributed by atoms with Crippen molar-refractivity contribution in [2.45, 2.75) is 38.5 Å². The Labute approximate surface area is 122 Å². The number of nitrogens with two attached hydrogens (primary N) is 1. The summed E-state index contributed by atoms with van der Waals surface area (Å²) in [7, 11) is 0. The van der Waals surface area contributed by atoms with Crippen LogP contribution in [0.2, 0.25) is 0 Å². The van der Waals surface area contributed by atoms with Gasteiger partial charge in [-0.3, -0.25) is 9.59 Å². The fraction of sp³-hybridized carbons (Fsp3) is 0.643. The molecule has 3 atom stereocenters. The maximum Gasteiger partial charge on any atom is 0.226 e. The van der Waals surface area contributed by atoms with Crippen molar-refractivity contribution in [1.82, 2.24) is 4.98 Å². The van der Waals surface area contributed by atoms with E-state index >= 15 is 0 Å². The minimum atomic E-state index is -0.407. The van der Waals surface area contributed by atoms with Crippen molar-refractivity contribution in [1.29, 1.82) is 0 Å². The van der Waals surface area contributed by atoms with Crippen molar-refractivity contribution in [2.24, 2.45) is 23.5 Å². The van der Waals surface area contributed by atoms with Gasteiger partial charge in [0.2, 0.25) is 11.8 Å². The fourth-order valence-electron chi connectivity index (χ4n) is 3.66. The summed E-state index contributed by atoms with van der Waals surface area (Å²) in [4.78, 5) is 27.0. The lowest BCUT2D eigenvalue weighted by molar-refractivity contribution is -0.118. The number of amides is 2. The van der Waals surface area contributed by atoms with Gasteiger partial charge in [0, 0.05) is 11.8 Å². The van der Waals surface area contributed by atoms with Gasteiger partial charge < -0.3 is 11.1 Å². The number of fused-ring (bicyclic) bond motifs is 2. The molecule has 5 nitrogen and oxygen atoms in total. The first kappa shape index (κ1) is 13.5. The highest BCUT2D eigenvalue weighted by atomic mass is 32.1. The van der Waals surface area contributed by atoms with E-state index in [0.717, 1.165) is 11.8 Å². The molecule has 2 bridgehead atoms. The van der Waals surface area contributed by atoms with Gasteiger partial charge >= 0.3 is 0 Å². The fourth-order valence-corrected chi connectivity index (χ4v) is 4.39. The minimum absolute atomic E-state index is 0.0440. The first-order valence-corrected chi connectivity index (χ1v) is 8.00.